The molecule has 42 valence electrons. The number of rotatable bonds is 2. The van der Waals surface area contributed by atoms with Crippen molar-refractivity contribution in [3.8, 4) is 0 Å². The van der Waals surface area contributed by atoms with Gasteiger partial charge >= 0.3 is 6.21 Å². The minimum atomic E-state index is 0.815. The molecule has 0 aliphatic carbocycles. The second-order valence-corrected chi connectivity index (χ2v) is 1.38. The Kier molecular flexibility index (Phi) is 3.46. The first-order chi connectivity index (χ1) is 3.81. The molecule has 0 radical (unpaired) electrons. The topological polar surface area (TPSA) is 31.2 Å². The lowest BCUT2D eigenvalue weighted by molar-refractivity contribution is 1.55. The van der Waals surface area contributed by atoms with E-state index in [-0.39, 0.29) is 0 Å². The highest BCUT2D eigenvalue weighted by molar-refractivity contribution is 5.76. The summed E-state index contributed by atoms with van der Waals surface area (Å²) in [5.74, 6) is 0. The molecule has 0 aromatic rings. The minimum Gasteiger partial charge on any atom is -0.0991 e. The molecule has 0 unspecified atom stereocenters. The van der Waals surface area contributed by atoms with Gasteiger partial charge in [-0.1, -0.05) is 18.7 Å². The van der Waals surface area contributed by atoms with Crippen molar-refractivity contribution in [3.63, 3.8) is 0 Å². The third kappa shape index (κ3) is 3.07. The van der Waals surface area contributed by atoms with Gasteiger partial charge in [0.2, 0.25) is 4.85 Å². The Balaban J connectivity index is 3.99. The molecule has 0 amide bonds. The fourth-order valence-corrected chi connectivity index (χ4v) is 0.312. The van der Waals surface area contributed by atoms with E-state index in [0.717, 1.165) is 5.57 Å². The summed E-state index contributed by atoms with van der Waals surface area (Å²) in [6, 6.07) is 0. The van der Waals surface area contributed by atoms with Gasteiger partial charge in [0.1, 0.15) is 0 Å². The van der Waals surface area contributed by atoms with Gasteiger partial charge < -0.3 is 0 Å². The molecule has 8 heavy (non-hydrogen) atoms. The summed E-state index contributed by atoms with van der Waals surface area (Å²) in [4.78, 5) is 12.1. The maximum Gasteiger partial charge on any atom is 0.364 e. The molecule has 0 fully saturated rings. The molecule has 0 aliphatic heterocycles. The average molecular weight is 110 g/mol. The summed E-state index contributed by atoms with van der Waals surface area (Å²) >= 11 is 0. The van der Waals surface area contributed by atoms with E-state index >= 15 is 0 Å². The lowest BCUT2D eigenvalue weighted by atomic mass is 10.3. The molecule has 0 spiro atoms. The van der Waals surface area contributed by atoms with Gasteiger partial charge in [-0.15, -0.1) is 0 Å². The molecule has 2 nitrogen and oxygen atoms in total. The normalized spacial score (nSPS) is 9.88. The summed E-state index contributed by atoms with van der Waals surface area (Å²) in [5.41, 5.74) is 0.815. The third-order valence-corrected chi connectivity index (χ3v) is 0.637. The number of nitrogens with zero attached hydrogens (tertiary/aromatic N) is 1. The maximum absolute atomic E-state index is 9.51. The first-order valence-electron chi connectivity index (χ1n) is 2.26. The average Bonchev–Trinajstić information content (AvgIpc) is 1.68. The number of allylic oxidation sites excluding steroid dienone is 3. The van der Waals surface area contributed by atoms with E-state index in [1.54, 1.807) is 19.1 Å². The molecule has 0 rings (SSSR count). The predicted molar refractivity (Wildman–Crippen MR) is 35.5 cm³/mol. The van der Waals surface area contributed by atoms with Crippen molar-refractivity contribution in [2.45, 2.75) is 6.92 Å². The van der Waals surface area contributed by atoms with Crippen LogP contribution in [-0.4, -0.2) is 6.21 Å². The Morgan fingerprint density at radius 1 is 1.75 bits per heavy atom. The van der Waals surface area contributed by atoms with E-state index in [1.165, 1.54) is 6.21 Å². The van der Waals surface area contributed by atoms with Gasteiger partial charge in [0, 0.05) is 5.57 Å². The summed E-state index contributed by atoms with van der Waals surface area (Å²) < 4.78 is 0. The molecule has 0 aromatic carbocycles. The van der Waals surface area contributed by atoms with E-state index in [4.69, 9.17) is 0 Å². The molecule has 2 heteroatoms. The summed E-state index contributed by atoms with van der Waals surface area (Å²) in [7, 11) is 0. The molecule has 0 aromatic heterocycles. The highest BCUT2D eigenvalue weighted by Gasteiger charge is 1.85. The van der Waals surface area contributed by atoms with Crippen LogP contribution in [0.25, 0.3) is 0 Å². The van der Waals surface area contributed by atoms with Crippen molar-refractivity contribution in [2.75, 3.05) is 0 Å². The molecule has 0 bridgehead atoms. The van der Waals surface area contributed by atoms with Gasteiger partial charge in [-0.25, -0.2) is 0 Å². The largest absolute Gasteiger partial charge is 0.364 e. The highest BCUT2D eigenvalue weighted by Crippen LogP contribution is 1.83. The second-order valence-electron chi connectivity index (χ2n) is 1.38. The van der Waals surface area contributed by atoms with E-state index < -0.39 is 0 Å². The molecule has 0 saturated carbocycles. The van der Waals surface area contributed by atoms with Crippen LogP contribution < -0.4 is 4.85 Å². The van der Waals surface area contributed by atoms with Crippen molar-refractivity contribution in [1.29, 1.82) is 0 Å². The van der Waals surface area contributed by atoms with E-state index in [0.29, 0.717) is 0 Å². The summed E-state index contributed by atoms with van der Waals surface area (Å²) in [6.45, 7) is 5.22. The third-order valence-electron chi connectivity index (χ3n) is 0.637. The smallest absolute Gasteiger partial charge is 0.0991 e. The van der Waals surface area contributed by atoms with Gasteiger partial charge in [-0.2, -0.15) is 0 Å². The molecule has 0 heterocycles. The van der Waals surface area contributed by atoms with E-state index in [2.05, 4.69) is 11.4 Å². The first kappa shape index (κ1) is 6.86. The minimum absolute atomic E-state index is 0.815. The van der Waals surface area contributed by atoms with E-state index in [1.807, 2.05) is 0 Å². The van der Waals surface area contributed by atoms with Crippen LogP contribution in [-0.2, 0) is 0 Å². The fraction of sp³-hybridized carbons (Fsp3) is 0.167. The van der Waals surface area contributed by atoms with Crippen molar-refractivity contribution in [2.24, 2.45) is 0 Å². The molecular formula is C6H8NO+. The van der Waals surface area contributed by atoms with E-state index in [9.17, 15) is 4.91 Å². The summed E-state index contributed by atoms with van der Waals surface area (Å²) in [5, 5.41) is 0. The van der Waals surface area contributed by atoms with Crippen molar-refractivity contribution in [3.05, 3.63) is 29.2 Å². The Hall–Kier alpha value is -1.14. The zero-order valence-electron chi connectivity index (χ0n) is 4.79. The van der Waals surface area contributed by atoms with Gasteiger partial charge in [-0.05, 0) is 6.92 Å². The van der Waals surface area contributed by atoms with Crippen LogP contribution in [0.5, 0.6) is 0 Å². The van der Waals surface area contributed by atoms with Crippen molar-refractivity contribution < 1.29 is 0 Å². The molecule has 0 saturated heterocycles. The van der Waals surface area contributed by atoms with Crippen LogP contribution in [0.2, 0.25) is 0 Å². The lowest BCUT2D eigenvalue weighted by Gasteiger charge is -1.70. The van der Waals surface area contributed by atoms with Crippen LogP contribution in [0, 0.1) is 4.91 Å². The molecule has 0 atom stereocenters. The van der Waals surface area contributed by atoms with Crippen LogP contribution in [0.15, 0.2) is 24.3 Å². The highest BCUT2D eigenvalue weighted by atomic mass is 16.2. The lowest BCUT2D eigenvalue weighted by Crippen LogP contribution is -1.76. The zero-order chi connectivity index (χ0) is 6.41. The standard InChI is InChI=1S/C6H8NO/c1-3-4-6(2)5-7-8/h3-5H,1H2,2H3/q+1/b6-4-. The fourth-order valence-electron chi connectivity index (χ4n) is 0.312. The Bertz CT molecular complexity index is 152. The SMILES string of the molecule is C=C/C=C(/C)C=[N+]=O. The van der Waals surface area contributed by atoms with Crippen LogP contribution in [0.3, 0.4) is 0 Å². The summed E-state index contributed by atoms with van der Waals surface area (Å²) in [6.07, 6.45) is 4.56. The zero-order valence-corrected chi connectivity index (χ0v) is 4.79. The molecule has 0 N–H and O–H groups in total. The van der Waals surface area contributed by atoms with Crippen molar-refractivity contribution in [1.82, 2.24) is 4.85 Å². The monoisotopic (exact) mass is 110 g/mol. The van der Waals surface area contributed by atoms with Crippen LogP contribution in [0.1, 0.15) is 6.92 Å². The number of nitroso groups, excluding NO2 is 1. The quantitative estimate of drug-likeness (QED) is 0.296. The maximum atomic E-state index is 9.51. The predicted octanol–water partition coefficient (Wildman–Crippen LogP) is 1.02. The van der Waals surface area contributed by atoms with Crippen LogP contribution in [0.4, 0.5) is 0 Å². The van der Waals surface area contributed by atoms with Crippen molar-refractivity contribution >= 4 is 6.21 Å². The number of hydrogen-bond donors (Lipinski definition) is 0. The van der Waals surface area contributed by atoms with Gasteiger partial charge in [-0.3, -0.25) is 0 Å². The Morgan fingerprint density at radius 2 is 2.38 bits per heavy atom. The van der Waals surface area contributed by atoms with Gasteiger partial charge in [0.25, 0.3) is 0 Å². The molecular weight excluding hydrogens is 102 g/mol. The van der Waals surface area contributed by atoms with Crippen LogP contribution >= 0.6 is 0 Å². The van der Waals surface area contributed by atoms with Gasteiger partial charge in [0.15, 0.2) is 4.91 Å². The number of hydrogen-bond acceptors (Lipinski definition) is 1. The Morgan fingerprint density at radius 3 is 2.75 bits per heavy atom. The van der Waals surface area contributed by atoms with Gasteiger partial charge in [0.05, 0.1) is 0 Å². The first-order valence-corrected chi connectivity index (χ1v) is 2.26. The second kappa shape index (κ2) is 4.03. The Labute approximate surface area is 48.2 Å². The molecule has 0 aliphatic rings.